The van der Waals surface area contributed by atoms with Gasteiger partial charge in [0, 0.05) is 4.47 Å². The molecule has 5 N–H and O–H groups in total. The Hall–Kier alpha value is -1.97. The summed E-state index contributed by atoms with van der Waals surface area (Å²) < 4.78 is 14.8. The molecule has 7 heteroatoms. The third-order valence-corrected chi connectivity index (χ3v) is 3.50. The van der Waals surface area contributed by atoms with E-state index in [4.69, 9.17) is 28.3 Å². The van der Waals surface area contributed by atoms with Crippen molar-refractivity contribution in [1.82, 2.24) is 0 Å². The van der Waals surface area contributed by atoms with Gasteiger partial charge < -0.3 is 16.8 Å². The third-order valence-electron chi connectivity index (χ3n) is 2.63. The molecule has 20 heavy (non-hydrogen) atoms. The highest BCUT2D eigenvalue weighted by Crippen LogP contribution is 2.36. The van der Waals surface area contributed by atoms with E-state index in [2.05, 4.69) is 21.2 Å². The van der Waals surface area contributed by atoms with Gasteiger partial charge in [0.15, 0.2) is 5.82 Å². The Bertz CT molecular complexity index is 727. The predicted octanol–water partition coefficient (Wildman–Crippen LogP) is 4.02. The van der Waals surface area contributed by atoms with Crippen LogP contribution >= 0.6 is 27.5 Å². The lowest BCUT2D eigenvalue weighted by Crippen LogP contribution is -2.03. The Balaban J connectivity index is 2.54. The van der Waals surface area contributed by atoms with Crippen molar-refractivity contribution < 1.29 is 4.39 Å². The molecule has 4 nitrogen and oxygen atoms in total. The molecule has 0 saturated heterocycles. The van der Waals surface area contributed by atoms with Gasteiger partial charge in [-0.05, 0) is 24.3 Å². The van der Waals surface area contributed by atoms with E-state index in [1.807, 2.05) is 6.07 Å². The zero-order valence-corrected chi connectivity index (χ0v) is 12.4. The van der Waals surface area contributed by atoms with Gasteiger partial charge in [0.25, 0.3) is 0 Å². The molecule has 0 aliphatic carbocycles. The molecule has 0 aliphatic heterocycles. The maximum atomic E-state index is 14.1. The summed E-state index contributed by atoms with van der Waals surface area (Å²) in [5, 5.41) is 11.6. The molecule has 0 bridgehead atoms. The number of rotatable bonds is 2. The standard InChI is InChI=1S/C13H9BrClFN4/c14-7-2-1-6(5-17)10(3-7)20-13-9(19)4-8(18)11(15)12(13)16/h1-4,20H,18-19H2. The van der Waals surface area contributed by atoms with Crippen LogP contribution < -0.4 is 16.8 Å². The van der Waals surface area contributed by atoms with Gasteiger partial charge in [0.05, 0.1) is 28.3 Å². The van der Waals surface area contributed by atoms with Crippen molar-refractivity contribution in [1.29, 1.82) is 5.26 Å². The van der Waals surface area contributed by atoms with Gasteiger partial charge in [0.1, 0.15) is 11.1 Å². The van der Waals surface area contributed by atoms with Crippen molar-refractivity contribution >= 4 is 50.3 Å². The molecule has 0 spiro atoms. The average Bonchev–Trinajstić information content (AvgIpc) is 2.41. The summed E-state index contributed by atoms with van der Waals surface area (Å²) in [5.41, 5.74) is 12.2. The SMILES string of the molecule is N#Cc1ccc(Br)cc1Nc1c(N)cc(N)c(Cl)c1F. The summed E-state index contributed by atoms with van der Waals surface area (Å²) in [6.45, 7) is 0. The van der Waals surface area contributed by atoms with Gasteiger partial charge in [0.2, 0.25) is 0 Å². The minimum atomic E-state index is -0.756. The maximum absolute atomic E-state index is 14.1. The number of hydrogen-bond donors (Lipinski definition) is 3. The van der Waals surface area contributed by atoms with E-state index in [-0.39, 0.29) is 22.1 Å². The fourth-order valence-corrected chi connectivity index (χ4v) is 2.16. The molecular weight excluding hydrogens is 347 g/mol. The number of nitrogens with one attached hydrogen (secondary N) is 1. The van der Waals surface area contributed by atoms with Gasteiger partial charge >= 0.3 is 0 Å². The summed E-state index contributed by atoms with van der Waals surface area (Å²) in [6, 6.07) is 8.31. The van der Waals surface area contributed by atoms with Crippen LogP contribution in [0.1, 0.15) is 5.56 Å². The summed E-state index contributed by atoms with van der Waals surface area (Å²) >= 11 is 9.04. The quantitative estimate of drug-likeness (QED) is 0.710. The molecule has 0 aromatic heterocycles. The van der Waals surface area contributed by atoms with Crippen molar-refractivity contribution in [3.8, 4) is 6.07 Å². The van der Waals surface area contributed by atoms with Crippen LogP contribution in [0.15, 0.2) is 28.7 Å². The Morgan fingerprint density at radius 2 is 1.95 bits per heavy atom. The second-order valence-corrected chi connectivity index (χ2v) is 5.28. The Morgan fingerprint density at radius 3 is 2.60 bits per heavy atom. The molecule has 2 aromatic rings. The first-order chi connectivity index (χ1) is 9.43. The number of nitriles is 1. The van der Waals surface area contributed by atoms with Crippen LogP contribution in [0.2, 0.25) is 5.02 Å². The number of halogens is 3. The average molecular weight is 356 g/mol. The number of nitrogen functional groups attached to an aromatic ring is 2. The molecule has 0 aliphatic rings. The first-order valence-corrected chi connectivity index (χ1v) is 6.60. The van der Waals surface area contributed by atoms with Gasteiger partial charge in [-0.25, -0.2) is 4.39 Å². The van der Waals surface area contributed by atoms with Crippen molar-refractivity contribution in [2.24, 2.45) is 0 Å². The van der Waals surface area contributed by atoms with E-state index < -0.39 is 5.82 Å². The number of nitrogens with two attached hydrogens (primary N) is 2. The predicted molar refractivity (Wildman–Crippen MR) is 82.4 cm³/mol. The Morgan fingerprint density at radius 1 is 1.25 bits per heavy atom. The van der Waals surface area contributed by atoms with Gasteiger partial charge in [-0.3, -0.25) is 0 Å². The van der Waals surface area contributed by atoms with Crippen molar-refractivity contribution in [2.45, 2.75) is 0 Å². The molecule has 2 aromatic carbocycles. The van der Waals surface area contributed by atoms with Crippen LogP contribution in [0.4, 0.5) is 27.1 Å². The normalized spacial score (nSPS) is 10.1. The van der Waals surface area contributed by atoms with Gasteiger partial charge in [-0.2, -0.15) is 5.26 Å². The van der Waals surface area contributed by atoms with E-state index in [1.54, 1.807) is 18.2 Å². The fourth-order valence-electron chi connectivity index (χ4n) is 1.65. The first kappa shape index (κ1) is 14.4. The topological polar surface area (TPSA) is 87.9 Å². The monoisotopic (exact) mass is 354 g/mol. The number of hydrogen-bond acceptors (Lipinski definition) is 4. The highest BCUT2D eigenvalue weighted by molar-refractivity contribution is 9.10. The van der Waals surface area contributed by atoms with E-state index in [0.717, 1.165) is 4.47 Å². The summed E-state index contributed by atoms with van der Waals surface area (Å²) in [6.07, 6.45) is 0. The summed E-state index contributed by atoms with van der Waals surface area (Å²) in [5.74, 6) is -0.756. The molecule has 0 saturated carbocycles. The minimum Gasteiger partial charge on any atom is -0.397 e. The van der Waals surface area contributed by atoms with Crippen LogP contribution in [-0.4, -0.2) is 0 Å². The van der Waals surface area contributed by atoms with E-state index >= 15 is 0 Å². The molecule has 2 rings (SSSR count). The lowest BCUT2D eigenvalue weighted by Gasteiger charge is -2.14. The van der Waals surface area contributed by atoms with E-state index in [1.165, 1.54) is 6.07 Å². The summed E-state index contributed by atoms with van der Waals surface area (Å²) in [7, 11) is 0. The number of anilines is 4. The van der Waals surface area contributed by atoms with Crippen molar-refractivity contribution in [3.63, 3.8) is 0 Å². The zero-order valence-electron chi connectivity index (χ0n) is 10.0. The van der Waals surface area contributed by atoms with Crippen molar-refractivity contribution in [3.05, 3.63) is 45.1 Å². The van der Waals surface area contributed by atoms with Crippen LogP contribution in [0.25, 0.3) is 0 Å². The number of benzene rings is 2. The van der Waals surface area contributed by atoms with E-state index in [9.17, 15) is 4.39 Å². The Labute approximate surface area is 128 Å². The second-order valence-electron chi connectivity index (χ2n) is 3.98. The molecule has 0 fully saturated rings. The van der Waals surface area contributed by atoms with Crippen LogP contribution in [0, 0.1) is 17.1 Å². The first-order valence-electron chi connectivity index (χ1n) is 5.43. The van der Waals surface area contributed by atoms with Crippen molar-refractivity contribution in [2.75, 3.05) is 16.8 Å². The molecule has 0 amide bonds. The minimum absolute atomic E-state index is 0.0150. The van der Waals surface area contributed by atoms with Crippen LogP contribution in [0.5, 0.6) is 0 Å². The Kier molecular flexibility index (Phi) is 4.02. The lowest BCUT2D eigenvalue weighted by atomic mass is 10.1. The number of nitrogens with zero attached hydrogens (tertiary/aromatic N) is 1. The fraction of sp³-hybridized carbons (Fsp3) is 0. The molecular formula is C13H9BrClFN4. The molecule has 0 unspecified atom stereocenters. The third kappa shape index (κ3) is 2.64. The van der Waals surface area contributed by atoms with E-state index in [0.29, 0.717) is 11.3 Å². The van der Waals surface area contributed by atoms with Gasteiger partial charge in [-0.15, -0.1) is 0 Å². The lowest BCUT2D eigenvalue weighted by molar-refractivity contribution is 0.633. The molecule has 0 radical (unpaired) electrons. The summed E-state index contributed by atoms with van der Waals surface area (Å²) in [4.78, 5) is 0. The second kappa shape index (κ2) is 5.57. The highest BCUT2D eigenvalue weighted by Gasteiger charge is 2.15. The largest absolute Gasteiger partial charge is 0.397 e. The van der Waals surface area contributed by atoms with Gasteiger partial charge in [-0.1, -0.05) is 27.5 Å². The van der Waals surface area contributed by atoms with Crippen LogP contribution in [0.3, 0.4) is 0 Å². The highest BCUT2D eigenvalue weighted by atomic mass is 79.9. The van der Waals surface area contributed by atoms with Crippen LogP contribution in [-0.2, 0) is 0 Å². The smallest absolute Gasteiger partial charge is 0.169 e. The molecule has 102 valence electrons. The maximum Gasteiger partial charge on any atom is 0.169 e. The molecule has 0 atom stereocenters. The zero-order chi connectivity index (χ0) is 14.9. The molecule has 0 heterocycles.